The van der Waals surface area contributed by atoms with Gasteiger partial charge < -0.3 is 9.47 Å². The Morgan fingerprint density at radius 1 is 1.43 bits per heavy atom. The Morgan fingerprint density at radius 3 is 2.90 bits per heavy atom. The van der Waals surface area contributed by atoms with Crippen LogP contribution in [-0.4, -0.2) is 30.8 Å². The van der Waals surface area contributed by atoms with Crippen LogP contribution in [0.1, 0.15) is 12.6 Å². The summed E-state index contributed by atoms with van der Waals surface area (Å²) in [4.78, 5) is 16.2. The van der Waals surface area contributed by atoms with E-state index in [0.717, 1.165) is 10.6 Å². The normalized spacial score (nSPS) is 12.1. The first kappa shape index (κ1) is 15.9. The van der Waals surface area contributed by atoms with E-state index in [1.165, 1.54) is 11.3 Å². The third kappa shape index (κ3) is 4.52. The Balaban J connectivity index is 2.01. The van der Waals surface area contributed by atoms with Gasteiger partial charge in [0, 0.05) is 18.1 Å². The van der Waals surface area contributed by atoms with Crippen molar-refractivity contribution in [2.45, 2.75) is 19.4 Å². The third-order valence-electron chi connectivity index (χ3n) is 2.72. The van der Waals surface area contributed by atoms with Crippen LogP contribution in [0, 0.1) is 0 Å². The lowest BCUT2D eigenvalue weighted by molar-refractivity contribution is -0.149. The fraction of sp³-hybridized carbons (Fsp3) is 0.333. The van der Waals surface area contributed by atoms with Crippen LogP contribution in [0.4, 0.5) is 0 Å². The number of benzene rings is 1. The van der Waals surface area contributed by atoms with E-state index in [9.17, 15) is 4.79 Å². The van der Waals surface area contributed by atoms with Crippen molar-refractivity contribution < 1.29 is 14.3 Å². The lowest BCUT2D eigenvalue weighted by Crippen LogP contribution is -2.20. The molecule has 1 atom stereocenters. The van der Waals surface area contributed by atoms with Gasteiger partial charge in [-0.15, -0.1) is 11.3 Å². The molecular formula is C15H16ClNO3S. The molecule has 0 aliphatic rings. The highest BCUT2D eigenvalue weighted by Gasteiger charge is 2.14. The van der Waals surface area contributed by atoms with Crippen molar-refractivity contribution >= 4 is 28.9 Å². The van der Waals surface area contributed by atoms with Gasteiger partial charge in [-0.2, -0.15) is 0 Å². The molecule has 112 valence electrons. The summed E-state index contributed by atoms with van der Waals surface area (Å²) < 4.78 is 10.1. The number of carbonyl (C=O) groups is 1. The standard InChI is InChI=1S/C15H16ClNO3S/c1-10(8-19-2)20-14(18)7-11-9-21-15(17-11)12-5-3-4-6-13(12)16/h3-6,9-10H,7-8H2,1-2H3. The molecule has 6 heteroatoms. The SMILES string of the molecule is COCC(C)OC(=O)Cc1csc(-c2ccccc2Cl)n1. The molecule has 0 amide bonds. The third-order valence-corrected chi connectivity index (χ3v) is 3.97. The first-order valence-corrected chi connectivity index (χ1v) is 7.73. The topological polar surface area (TPSA) is 48.4 Å². The molecule has 0 fully saturated rings. The Kier molecular flexibility index (Phi) is 5.73. The number of carbonyl (C=O) groups excluding carboxylic acids is 1. The van der Waals surface area contributed by atoms with Crippen LogP contribution in [-0.2, 0) is 20.7 Å². The molecule has 0 radical (unpaired) electrons. The minimum absolute atomic E-state index is 0.148. The van der Waals surface area contributed by atoms with Crippen LogP contribution in [0.25, 0.3) is 10.6 Å². The highest BCUT2D eigenvalue weighted by atomic mass is 35.5. The van der Waals surface area contributed by atoms with Gasteiger partial charge in [-0.1, -0.05) is 29.8 Å². The van der Waals surface area contributed by atoms with Crippen LogP contribution >= 0.6 is 22.9 Å². The zero-order valence-corrected chi connectivity index (χ0v) is 13.4. The molecule has 4 nitrogen and oxygen atoms in total. The molecule has 0 aliphatic carbocycles. The van der Waals surface area contributed by atoms with Crippen LogP contribution in [0.2, 0.25) is 5.02 Å². The summed E-state index contributed by atoms with van der Waals surface area (Å²) in [5, 5.41) is 3.30. The van der Waals surface area contributed by atoms with E-state index in [1.54, 1.807) is 14.0 Å². The van der Waals surface area contributed by atoms with Gasteiger partial charge in [0.2, 0.25) is 0 Å². The quantitative estimate of drug-likeness (QED) is 0.762. The lowest BCUT2D eigenvalue weighted by atomic mass is 10.2. The highest BCUT2D eigenvalue weighted by Crippen LogP contribution is 2.30. The van der Waals surface area contributed by atoms with Gasteiger partial charge in [0.15, 0.2) is 0 Å². The molecule has 0 N–H and O–H groups in total. The first-order chi connectivity index (χ1) is 10.1. The highest BCUT2D eigenvalue weighted by molar-refractivity contribution is 7.13. The average molecular weight is 326 g/mol. The number of hydrogen-bond acceptors (Lipinski definition) is 5. The molecule has 2 rings (SSSR count). The molecule has 1 heterocycles. The molecule has 1 aromatic heterocycles. The van der Waals surface area contributed by atoms with Crippen molar-refractivity contribution in [1.29, 1.82) is 0 Å². The van der Waals surface area contributed by atoms with E-state index in [-0.39, 0.29) is 18.5 Å². The zero-order chi connectivity index (χ0) is 15.2. The number of nitrogens with zero attached hydrogens (tertiary/aromatic N) is 1. The Morgan fingerprint density at radius 2 is 2.19 bits per heavy atom. The number of halogens is 1. The molecule has 21 heavy (non-hydrogen) atoms. The predicted molar refractivity (Wildman–Crippen MR) is 83.7 cm³/mol. The Hall–Kier alpha value is -1.43. The Labute approximate surface area is 132 Å². The zero-order valence-electron chi connectivity index (χ0n) is 11.8. The molecule has 0 bridgehead atoms. The molecule has 1 aromatic carbocycles. The smallest absolute Gasteiger partial charge is 0.312 e. The summed E-state index contributed by atoms with van der Waals surface area (Å²) in [6, 6.07) is 7.50. The monoisotopic (exact) mass is 325 g/mol. The maximum Gasteiger partial charge on any atom is 0.312 e. The second kappa shape index (κ2) is 7.54. The number of methoxy groups -OCH3 is 1. The van der Waals surface area contributed by atoms with Gasteiger partial charge in [-0.3, -0.25) is 4.79 Å². The maximum atomic E-state index is 11.8. The van der Waals surface area contributed by atoms with Gasteiger partial charge in [-0.25, -0.2) is 4.98 Å². The van der Waals surface area contributed by atoms with Crippen LogP contribution in [0.15, 0.2) is 29.6 Å². The van der Waals surface area contributed by atoms with E-state index in [1.807, 2.05) is 29.6 Å². The second-order valence-corrected chi connectivity index (χ2v) is 5.82. The van der Waals surface area contributed by atoms with E-state index in [4.69, 9.17) is 21.1 Å². The molecule has 0 saturated carbocycles. The van der Waals surface area contributed by atoms with E-state index >= 15 is 0 Å². The second-order valence-electron chi connectivity index (χ2n) is 4.56. The summed E-state index contributed by atoms with van der Waals surface area (Å²) in [6.07, 6.45) is -0.112. The molecular weight excluding hydrogens is 310 g/mol. The predicted octanol–water partition coefficient (Wildman–Crippen LogP) is 3.58. The van der Waals surface area contributed by atoms with Gasteiger partial charge in [0.05, 0.1) is 23.7 Å². The van der Waals surface area contributed by atoms with Crippen LogP contribution < -0.4 is 0 Å². The van der Waals surface area contributed by atoms with Crippen LogP contribution in [0.3, 0.4) is 0 Å². The minimum Gasteiger partial charge on any atom is -0.460 e. The first-order valence-electron chi connectivity index (χ1n) is 6.48. The van der Waals surface area contributed by atoms with E-state index in [0.29, 0.717) is 17.3 Å². The molecule has 0 aliphatic heterocycles. The van der Waals surface area contributed by atoms with Crippen molar-refractivity contribution in [3.8, 4) is 10.6 Å². The molecule has 0 spiro atoms. The van der Waals surface area contributed by atoms with Crippen molar-refractivity contribution in [3.05, 3.63) is 40.4 Å². The number of aromatic nitrogens is 1. The lowest BCUT2D eigenvalue weighted by Gasteiger charge is -2.11. The van der Waals surface area contributed by atoms with Crippen LogP contribution in [0.5, 0.6) is 0 Å². The number of rotatable bonds is 6. The molecule has 2 aromatic rings. The summed E-state index contributed by atoms with van der Waals surface area (Å²) in [7, 11) is 1.57. The maximum absolute atomic E-state index is 11.8. The van der Waals surface area contributed by atoms with Crippen molar-refractivity contribution in [3.63, 3.8) is 0 Å². The van der Waals surface area contributed by atoms with Gasteiger partial charge in [0.25, 0.3) is 0 Å². The van der Waals surface area contributed by atoms with Gasteiger partial charge in [0.1, 0.15) is 11.1 Å². The molecule has 0 saturated heterocycles. The van der Waals surface area contributed by atoms with Gasteiger partial charge in [-0.05, 0) is 13.0 Å². The number of thiazole rings is 1. The van der Waals surface area contributed by atoms with E-state index in [2.05, 4.69) is 4.98 Å². The largest absolute Gasteiger partial charge is 0.460 e. The number of hydrogen-bond donors (Lipinski definition) is 0. The summed E-state index contributed by atoms with van der Waals surface area (Å²) in [5.74, 6) is -0.310. The Bertz CT molecular complexity index is 614. The van der Waals surface area contributed by atoms with Crippen molar-refractivity contribution in [1.82, 2.24) is 4.98 Å². The minimum atomic E-state index is -0.310. The summed E-state index contributed by atoms with van der Waals surface area (Å²) in [6.45, 7) is 2.17. The fourth-order valence-electron chi connectivity index (χ4n) is 1.83. The van der Waals surface area contributed by atoms with Crippen molar-refractivity contribution in [2.24, 2.45) is 0 Å². The average Bonchev–Trinajstić information content (AvgIpc) is 2.87. The fourth-order valence-corrected chi connectivity index (χ4v) is 2.97. The number of esters is 1. The van der Waals surface area contributed by atoms with E-state index < -0.39 is 0 Å². The van der Waals surface area contributed by atoms with Gasteiger partial charge >= 0.3 is 5.97 Å². The number of ether oxygens (including phenoxy) is 2. The summed E-state index contributed by atoms with van der Waals surface area (Å²) >= 11 is 7.60. The van der Waals surface area contributed by atoms with Crippen molar-refractivity contribution in [2.75, 3.05) is 13.7 Å². The summed E-state index contributed by atoms with van der Waals surface area (Å²) in [5.41, 5.74) is 1.56. The molecule has 1 unspecified atom stereocenters.